The van der Waals surface area contributed by atoms with E-state index in [1.165, 1.54) is 23.6 Å². The van der Waals surface area contributed by atoms with Gasteiger partial charge in [-0.05, 0) is 42.0 Å². The second kappa shape index (κ2) is 5.48. The number of benzene rings is 1. The van der Waals surface area contributed by atoms with E-state index in [0.29, 0.717) is 0 Å². The molecular formula is C14H18N2OS. The van der Waals surface area contributed by atoms with Crippen molar-refractivity contribution >= 4 is 23.4 Å². The molecule has 1 aliphatic heterocycles. The quantitative estimate of drug-likeness (QED) is 0.880. The SMILES string of the molecule is CCc1cc(C)cc(C2=CSC(NC(C)=O)N2)c1. The average molecular weight is 262 g/mol. The largest absolute Gasteiger partial charge is 0.356 e. The maximum absolute atomic E-state index is 11.0. The fourth-order valence-corrected chi connectivity index (χ4v) is 2.88. The molecule has 0 bridgehead atoms. The van der Waals surface area contributed by atoms with E-state index in [2.05, 4.69) is 48.1 Å². The van der Waals surface area contributed by atoms with Gasteiger partial charge in [-0.15, -0.1) is 0 Å². The Hall–Kier alpha value is -1.42. The number of rotatable bonds is 3. The van der Waals surface area contributed by atoms with Crippen molar-refractivity contribution in [1.29, 1.82) is 0 Å². The Labute approximate surface area is 112 Å². The number of hydrogen-bond donors (Lipinski definition) is 2. The van der Waals surface area contributed by atoms with Crippen molar-refractivity contribution in [2.75, 3.05) is 0 Å². The van der Waals surface area contributed by atoms with Crippen LogP contribution in [0.15, 0.2) is 23.6 Å². The summed E-state index contributed by atoms with van der Waals surface area (Å²) in [6, 6.07) is 6.56. The minimum atomic E-state index is -0.0527. The zero-order valence-electron chi connectivity index (χ0n) is 10.9. The Balaban J connectivity index is 2.14. The summed E-state index contributed by atoms with van der Waals surface area (Å²) < 4.78 is 0. The first-order valence-corrected chi connectivity index (χ1v) is 7.03. The molecule has 0 saturated heterocycles. The highest BCUT2D eigenvalue weighted by atomic mass is 32.2. The molecule has 0 aliphatic carbocycles. The van der Waals surface area contributed by atoms with Crippen LogP contribution < -0.4 is 10.6 Å². The maximum Gasteiger partial charge on any atom is 0.219 e. The molecule has 0 aromatic heterocycles. The second-order valence-electron chi connectivity index (χ2n) is 4.45. The third-order valence-electron chi connectivity index (χ3n) is 2.80. The molecule has 0 fully saturated rings. The van der Waals surface area contributed by atoms with Crippen molar-refractivity contribution in [3.8, 4) is 0 Å². The molecule has 1 amide bonds. The predicted octanol–water partition coefficient (Wildman–Crippen LogP) is 2.61. The van der Waals surface area contributed by atoms with Crippen LogP contribution in [0, 0.1) is 6.92 Å². The summed E-state index contributed by atoms with van der Waals surface area (Å²) in [6.07, 6.45) is 1.03. The van der Waals surface area contributed by atoms with Gasteiger partial charge in [0.25, 0.3) is 0 Å². The Bertz CT molecular complexity index is 497. The van der Waals surface area contributed by atoms with Crippen LogP contribution in [-0.4, -0.2) is 11.4 Å². The Morgan fingerprint density at radius 2 is 2.22 bits per heavy atom. The minimum absolute atomic E-state index is 0.0202. The minimum Gasteiger partial charge on any atom is -0.356 e. The number of nitrogens with one attached hydrogen (secondary N) is 2. The van der Waals surface area contributed by atoms with E-state index in [9.17, 15) is 4.79 Å². The van der Waals surface area contributed by atoms with Crippen LogP contribution in [0.2, 0.25) is 0 Å². The Morgan fingerprint density at radius 1 is 1.44 bits per heavy atom. The lowest BCUT2D eigenvalue weighted by atomic mass is 10.0. The summed E-state index contributed by atoms with van der Waals surface area (Å²) in [4.78, 5) is 11.0. The fourth-order valence-electron chi connectivity index (χ4n) is 1.97. The average Bonchev–Trinajstić information content (AvgIpc) is 2.75. The Morgan fingerprint density at radius 3 is 2.89 bits per heavy atom. The van der Waals surface area contributed by atoms with E-state index in [4.69, 9.17) is 0 Å². The molecule has 0 spiro atoms. The van der Waals surface area contributed by atoms with E-state index in [1.54, 1.807) is 11.8 Å². The molecule has 1 aromatic rings. The van der Waals surface area contributed by atoms with Gasteiger partial charge in [-0.2, -0.15) is 0 Å². The zero-order chi connectivity index (χ0) is 13.1. The van der Waals surface area contributed by atoms with Gasteiger partial charge >= 0.3 is 0 Å². The molecule has 96 valence electrons. The van der Waals surface area contributed by atoms with Gasteiger partial charge in [0.15, 0.2) is 5.50 Å². The summed E-state index contributed by atoms with van der Waals surface area (Å²) in [5.41, 5.74) is 4.81. The van der Waals surface area contributed by atoms with Crippen molar-refractivity contribution < 1.29 is 4.79 Å². The zero-order valence-corrected chi connectivity index (χ0v) is 11.7. The highest BCUT2D eigenvalue weighted by Crippen LogP contribution is 2.27. The van der Waals surface area contributed by atoms with Crippen molar-refractivity contribution in [2.24, 2.45) is 0 Å². The van der Waals surface area contributed by atoms with Gasteiger partial charge in [0.05, 0.1) is 5.70 Å². The van der Waals surface area contributed by atoms with Crippen LogP contribution in [0.5, 0.6) is 0 Å². The lowest BCUT2D eigenvalue weighted by molar-refractivity contribution is -0.119. The number of carbonyl (C=O) groups is 1. The molecule has 1 heterocycles. The van der Waals surface area contributed by atoms with Crippen LogP contribution in [-0.2, 0) is 11.2 Å². The second-order valence-corrected chi connectivity index (χ2v) is 5.43. The van der Waals surface area contributed by atoms with Gasteiger partial charge in [-0.3, -0.25) is 4.79 Å². The van der Waals surface area contributed by atoms with Gasteiger partial charge < -0.3 is 10.6 Å². The lowest BCUT2D eigenvalue weighted by Gasteiger charge is -2.14. The van der Waals surface area contributed by atoms with Crippen molar-refractivity contribution in [1.82, 2.24) is 10.6 Å². The van der Waals surface area contributed by atoms with E-state index >= 15 is 0 Å². The van der Waals surface area contributed by atoms with Crippen molar-refractivity contribution in [3.05, 3.63) is 40.3 Å². The van der Waals surface area contributed by atoms with Gasteiger partial charge in [0, 0.05) is 6.92 Å². The Kier molecular flexibility index (Phi) is 3.97. The number of amides is 1. The summed E-state index contributed by atoms with van der Waals surface area (Å²) >= 11 is 1.59. The molecule has 0 saturated carbocycles. The molecule has 1 aliphatic rings. The summed E-state index contributed by atoms with van der Waals surface area (Å²) in [6.45, 7) is 5.79. The van der Waals surface area contributed by atoms with Gasteiger partial charge in [-0.25, -0.2) is 0 Å². The van der Waals surface area contributed by atoms with Crippen LogP contribution in [0.25, 0.3) is 5.70 Å². The third-order valence-corrected chi connectivity index (χ3v) is 3.68. The summed E-state index contributed by atoms with van der Waals surface area (Å²) in [7, 11) is 0. The molecule has 1 aromatic carbocycles. The van der Waals surface area contributed by atoms with Gasteiger partial charge in [0.1, 0.15) is 0 Å². The molecule has 0 radical (unpaired) electrons. The first kappa shape index (κ1) is 13.0. The topological polar surface area (TPSA) is 41.1 Å². The van der Waals surface area contributed by atoms with E-state index in [0.717, 1.165) is 12.1 Å². The van der Waals surface area contributed by atoms with Crippen LogP contribution in [0.3, 0.4) is 0 Å². The monoisotopic (exact) mass is 262 g/mol. The molecule has 3 nitrogen and oxygen atoms in total. The highest BCUT2D eigenvalue weighted by Gasteiger charge is 2.18. The van der Waals surface area contributed by atoms with E-state index < -0.39 is 0 Å². The standard InChI is InChI=1S/C14H18N2OS/c1-4-11-5-9(2)6-12(7-11)13-8-18-14(16-13)15-10(3)17/h5-8,14,16H,4H2,1-3H3,(H,15,17). The van der Waals surface area contributed by atoms with Crippen molar-refractivity contribution in [2.45, 2.75) is 32.7 Å². The lowest BCUT2D eigenvalue weighted by Crippen LogP contribution is -2.38. The van der Waals surface area contributed by atoms with Crippen LogP contribution >= 0.6 is 11.8 Å². The highest BCUT2D eigenvalue weighted by molar-refractivity contribution is 8.03. The van der Waals surface area contributed by atoms with Crippen LogP contribution in [0.4, 0.5) is 0 Å². The fraction of sp³-hybridized carbons (Fsp3) is 0.357. The smallest absolute Gasteiger partial charge is 0.219 e. The third kappa shape index (κ3) is 3.07. The molecule has 2 N–H and O–H groups in total. The normalized spacial score (nSPS) is 18.2. The van der Waals surface area contributed by atoms with Gasteiger partial charge in [-0.1, -0.05) is 30.3 Å². The molecule has 1 unspecified atom stereocenters. The van der Waals surface area contributed by atoms with Gasteiger partial charge in [0.2, 0.25) is 5.91 Å². The number of hydrogen-bond acceptors (Lipinski definition) is 3. The van der Waals surface area contributed by atoms with Crippen molar-refractivity contribution in [3.63, 3.8) is 0 Å². The van der Waals surface area contributed by atoms with Crippen LogP contribution in [0.1, 0.15) is 30.5 Å². The molecule has 4 heteroatoms. The number of aryl methyl sites for hydroxylation is 2. The number of carbonyl (C=O) groups excluding carboxylic acids is 1. The molecule has 18 heavy (non-hydrogen) atoms. The van der Waals surface area contributed by atoms with E-state index in [-0.39, 0.29) is 11.4 Å². The van der Waals surface area contributed by atoms with E-state index in [1.807, 2.05) is 0 Å². The number of thioether (sulfide) groups is 1. The summed E-state index contributed by atoms with van der Waals surface area (Å²) in [5.74, 6) is -0.0202. The molecule has 2 rings (SSSR count). The summed E-state index contributed by atoms with van der Waals surface area (Å²) in [5, 5.41) is 8.22. The first-order chi connectivity index (χ1) is 8.58. The molecule has 1 atom stereocenters. The maximum atomic E-state index is 11.0. The first-order valence-electron chi connectivity index (χ1n) is 6.08. The molecular weight excluding hydrogens is 244 g/mol. The predicted molar refractivity (Wildman–Crippen MR) is 76.9 cm³/mol.